The first kappa shape index (κ1) is 22.2. The fourth-order valence-electron chi connectivity index (χ4n) is 4.79. The Balaban J connectivity index is 1.53. The van der Waals surface area contributed by atoms with Crippen LogP contribution in [-0.4, -0.2) is 64.8 Å². The first-order valence-electron chi connectivity index (χ1n) is 11.5. The highest BCUT2D eigenvalue weighted by Gasteiger charge is 2.27. The Morgan fingerprint density at radius 3 is 2.97 bits per heavy atom. The number of hydrogen-bond acceptors (Lipinski definition) is 4. The number of nitrogens with one attached hydrogen (secondary N) is 2. The Morgan fingerprint density at radius 1 is 1.32 bits per heavy atom. The lowest BCUT2D eigenvalue weighted by Gasteiger charge is -2.32. The minimum absolute atomic E-state index is 0.0382. The molecule has 4 rings (SSSR count). The van der Waals surface area contributed by atoms with Gasteiger partial charge in [-0.05, 0) is 81.0 Å². The van der Waals surface area contributed by atoms with Crippen molar-refractivity contribution in [3.8, 4) is 0 Å². The van der Waals surface area contributed by atoms with Gasteiger partial charge in [0.1, 0.15) is 0 Å². The minimum atomic E-state index is -0.0382. The molecule has 2 aliphatic rings. The zero-order valence-corrected chi connectivity index (χ0v) is 19.5. The van der Waals surface area contributed by atoms with Crippen LogP contribution in [0, 0.1) is 6.92 Å². The van der Waals surface area contributed by atoms with E-state index in [9.17, 15) is 4.79 Å². The summed E-state index contributed by atoms with van der Waals surface area (Å²) in [6.07, 6.45) is 4.81. The number of ether oxygens (including phenoxy) is 1. The van der Waals surface area contributed by atoms with Crippen molar-refractivity contribution in [2.75, 3.05) is 32.8 Å². The molecule has 2 atom stereocenters. The summed E-state index contributed by atoms with van der Waals surface area (Å²) in [6, 6.07) is 8.64. The van der Waals surface area contributed by atoms with Crippen molar-refractivity contribution in [3.05, 3.63) is 45.7 Å². The molecule has 2 aliphatic heterocycles. The number of aromatic amines is 1. The molecule has 0 saturated carbocycles. The van der Waals surface area contributed by atoms with Gasteiger partial charge in [0, 0.05) is 36.8 Å². The summed E-state index contributed by atoms with van der Waals surface area (Å²) in [5, 5.41) is 5.18. The average molecular weight is 443 g/mol. The lowest BCUT2D eigenvalue weighted by Crippen LogP contribution is -2.48. The second-order valence-electron chi connectivity index (χ2n) is 8.84. The van der Waals surface area contributed by atoms with Gasteiger partial charge in [0.2, 0.25) is 0 Å². The van der Waals surface area contributed by atoms with Crippen LogP contribution in [-0.2, 0) is 11.3 Å². The summed E-state index contributed by atoms with van der Waals surface area (Å²) in [4.78, 5) is 20.6. The van der Waals surface area contributed by atoms with Crippen molar-refractivity contribution in [1.82, 2.24) is 20.1 Å². The van der Waals surface area contributed by atoms with Crippen molar-refractivity contribution in [1.29, 1.82) is 0 Å². The summed E-state index contributed by atoms with van der Waals surface area (Å²) in [5.74, 6) is 0. The zero-order chi connectivity index (χ0) is 21.8. The third-order valence-electron chi connectivity index (χ3n) is 6.57. The van der Waals surface area contributed by atoms with Crippen LogP contribution in [0.3, 0.4) is 0 Å². The molecule has 31 heavy (non-hydrogen) atoms. The van der Waals surface area contributed by atoms with Crippen LogP contribution in [0.15, 0.2) is 29.1 Å². The van der Waals surface area contributed by atoms with Gasteiger partial charge in [-0.15, -0.1) is 0 Å². The number of hydrogen-bond donors (Lipinski definition) is 2. The van der Waals surface area contributed by atoms with E-state index >= 15 is 0 Å². The van der Waals surface area contributed by atoms with Crippen LogP contribution in [0.4, 0.5) is 0 Å². The molecule has 0 amide bonds. The number of nitrogens with zero attached hydrogens (tertiary/aromatic N) is 2. The number of likely N-dealkylation sites (N-methyl/N-ethyl adjacent to an activating group) is 1. The number of pyridine rings is 1. The maximum atomic E-state index is 12.9. The standard InChI is InChI=1S/C24H34N4O2S/c1-3-27-10-4-6-20(27)16-28(24(31)25-14-21-7-5-11-30-21)15-19-13-18-9-8-17(2)12-22(18)26-23(19)29/h8-9,12-13,20-21H,3-7,10-11,14-16H2,1-2H3,(H,25,31)(H,26,29). The van der Waals surface area contributed by atoms with E-state index in [2.05, 4.69) is 39.2 Å². The first-order chi connectivity index (χ1) is 15.0. The van der Waals surface area contributed by atoms with Gasteiger partial charge in [-0.3, -0.25) is 9.69 Å². The predicted octanol–water partition coefficient (Wildman–Crippen LogP) is 3.18. The van der Waals surface area contributed by atoms with Gasteiger partial charge in [-0.1, -0.05) is 19.1 Å². The molecule has 3 heterocycles. The molecule has 0 spiro atoms. The second-order valence-corrected chi connectivity index (χ2v) is 9.23. The molecular weight excluding hydrogens is 408 g/mol. The van der Waals surface area contributed by atoms with Gasteiger partial charge in [0.05, 0.1) is 12.6 Å². The van der Waals surface area contributed by atoms with Crippen molar-refractivity contribution < 1.29 is 4.74 Å². The third kappa shape index (κ3) is 5.45. The average Bonchev–Trinajstić information content (AvgIpc) is 3.43. The number of fused-ring (bicyclic) bond motifs is 1. The van der Waals surface area contributed by atoms with Crippen LogP contribution < -0.4 is 10.9 Å². The lowest BCUT2D eigenvalue weighted by molar-refractivity contribution is 0.113. The molecule has 2 N–H and O–H groups in total. The zero-order valence-electron chi connectivity index (χ0n) is 18.7. The minimum Gasteiger partial charge on any atom is -0.376 e. The van der Waals surface area contributed by atoms with Crippen molar-refractivity contribution in [3.63, 3.8) is 0 Å². The van der Waals surface area contributed by atoms with Gasteiger partial charge in [-0.25, -0.2) is 0 Å². The molecule has 0 aliphatic carbocycles. The van der Waals surface area contributed by atoms with Crippen LogP contribution in [0.2, 0.25) is 0 Å². The Labute approximate surface area is 189 Å². The summed E-state index contributed by atoms with van der Waals surface area (Å²) in [7, 11) is 0. The molecule has 2 unspecified atom stereocenters. The maximum absolute atomic E-state index is 12.9. The summed E-state index contributed by atoms with van der Waals surface area (Å²) in [6.45, 7) is 9.33. The predicted molar refractivity (Wildman–Crippen MR) is 130 cm³/mol. The third-order valence-corrected chi connectivity index (χ3v) is 6.97. The molecular formula is C24H34N4O2S. The van der Waals surface area contributed by atoms with Crippen molar-refractivity contribution in [2.24, 2.45) is 0 Å². The largest absolute Gasteiger partial charge is 0.376 e. The molecule has 2 fully saturated rings. The fourth-order valence-corrected chi connectivity index (χ4v) is 5.02. The van der Waals surface area contributed by atoms with E-state index in [0.717, 1.165) is 67.7 Å². The molecule has 7 heteroatoms. The highest BCUT2D eigenvalue weighted by atomic mass is 32.1. The van der Waals surface area contributed by atoms with Gasteiger partial charge < -0.3 is 19.9 Å². The quantitative estimate of drug-likeness (QED) is 0.643. The maximum Gasteiger partial charge on any atom is 0.253 e. The molecule has 1 aromatic carbocycles. The van der Waals surface area contributed by atoms with E-state index in [1.165, 1.54) is 12.8 Å². The van der Waals surface area contributed by atoms with E-state index < -0.39 is 0 Å². The highest BCUT2D eigenvalue weighted by Crippen LogP contribution is 2.20. The molecule has 6 nitrogen and oxygen atoms in total. The van der Waals surface area contributed by atoms with Gasteiger partial charge in [0.25, 0.3) is 5.56 Å². The van der Waals surface area contributed by atoms with E-state index in [-0.39, 0.29) is 11.7 Å². The van der Waals surface area contributed by atoms with Gasteiger partial charge >= 0.3 is 0 Å². The smallest absolute Gasteiger partial charge is 0.253 e. The van der Waals surface area contributed by atoms with Gasteiger partial charge in [0.15, 0.2) is 5.11 Å². The molecule has 2 saturated heterocycles. The van der Waals surface area contributed by atoms with Crippen molar-refractivity contribution >= 4 is 28.2 Å². The fraction of sp³-hybridized carbons (Fsp3) is 0.583. The summed E-state index contributed by atoms with van der Waals surface area (Å²) in [5.41, 5.74) is 2.73. The van der Waals surface area contributed by atoms with E-state index in [4.69, 9.17) is 17.0 Å². The Morgan fingerprint density at radius 2 is 2.19 bits per heavy atom. The van der Waals surface area contributed by atoms with Crippen molar-refractivity contribution in [2.45, 2.75) is 58.2 Å². The number of thiocarbonyl (C=S) groups is 1. The lowest BCUT2D eigenvalue weighted by atomic mass is 10.1. The van der Waals surface area contributed by atoms with E-state index in [1.807, 2.05) is 19.1 Å². The normalized spacial score (nSPS) is 21.6. The Bertz CT molecular complexity index is 970. The van der Waals surface area contributed by atoms with Crippen LogP contribution in [0.1, 0.15) is 43.7 Å². The molecule has 1 aromatic heterocycles. The van der Waals surface area contributed by atoms with Gasteiger partial charge in [-0.2, -0.15) is 0 Å². The van der Waals surface area contributed by atoms with Crippen LogP contribution in [0.5, 0.6) is 0 Å². The highest BCUT2D eigenvalue weighted by molar-refractivity contribution is 7.80. The number of aryl methyl sites for hydroxylation is 1. The number of rotatable bonds is 7. The van der Waals surface area contributed by atoms with Crippen LogP contribution in [0.25, 0.3) is 10.9 Å². The summed E-state index contributed by atoms with van der Waals surface area (Å²) >= 11 is 5.80. The number of benzene rings is 1. The molecule has 0 bridgehead atoms. The molecule has 2 aromatic rings. The monoisotopic (exact) mass is 442 g/mol. The SMILES string of the molecule is CCN1CCCC1CN(Cc1cc2ccc(C)cc2[nH]c1=O)C(=S)NCC1CCCO1. The Hall–Kier alpha value is -1.96. The molecule has 0 radical (unpaired) electrons. The second kappa shape index (κ2) is 10.1. The van der Waals surface area contributed by atoms with E-state index in [1.54, 1.807) is 0 Å². The molecule has 168 valence electrons. The summed E-state index contributed by atoms with van der Waals surface area (Å²) < 4.78 is 5.74. The Kier molecular flexibility index (Phi) is 7.25. The number of aromatic nitrogens is 1. The number of likely N-dealkylation sites (tertiary alicyclic amines) is 1. The van der Waals surface area contributed by atoms with Crippen LogP contribution >= 0.6 is 12.2 Å². The first-order valence-corrected chi connectivity index (χ1v) is 12.0. The topological polar surface area (TPSA) is 60.6 Å². The number of H-pyrrole nitrogens is 1. The van der Waals surface area contributed by atoms with E-state index in [0.29, 0.717) is 17.7 Å².